The van der Waals surface area contributed by atoms with E-state index in [1.54, 1.807) is 22.1 Å². The normalized spacial score (nSPS) is 23.2. The van der Waals surface area contributed by atoms with E-state index in [0.717, 1.165) is 24.6 Å². The zero-order valence-corrected chi connectivity index (χ0v) is 21.1. The predicted molar refractivity (Wildman–Crippen MR) is 131 cm³/mol. The second-order valence-corrected chi connectivity index (χ2v) is 11.0. The average molecular weight is 532 g/mol. The largest absolute Gasteiger partial charge is 0.416 e. The number of β-amino-alcohol motifs (C(OH)–C–C–N with tert-alkyl or cyclic N) is 1. The number of amides is 3. The Kier molecular flexibility index (Phi) is 6.36. The molecule has 0 bridgehead atoms. The summed E-state index contributed by atoms with van der Waals surface area (Å²) in [6.45, 7) is 2.31. The fourth-order valence-corrected chi connectivity index (χ4v) is 6.24. The molecule has 2 aromatic rings. The quantitative estimate of drug-likeness (QED) is 0.642. The van der Waals surface area contributed by atoms with Crippen LogP contribution < -0.4 is 0 Å². The van der Waals surface area contributed by atoms with Crippen LogP contribution in [0.4, 0.5) is 18.0 Å². The zero-order valence-electron chi connectivity index (χ0n) is 21.1. The van der Waals surface area contributed by atoms with Crippen molar-refractivity contribution in [2.24, 2.45) is 0 Å². The lowest BCUT2D eigenvalue weighted by Gasteiger charge is -2.41. The van der Waals surface area contributed by atoms with Gasteiger partial charge in [0, 0.05) is 25.6 Å². The van der Waals surface area contributed by atoms with Crippen LogP contribution in [0.3, 0.4) is 0 Å². The molecule has 8 nitrogen and oxygen atoms in total. The number of benzene rings is 1. The Labute approximate surface area is 219 Å². The van der Waals surface area contributed by atoms with E-state index in [-0.39, 0.29) is 29.5 Å². The second-order valence-electron chi connectivity index (χ2n) is 11.0. The topological polar surface area (TPSA) is 81.9 Å². The van der Waals surface area contributed by atoms with Crippen LogP contribution in [-0.2, 0) is 6.18 Å². The Balaban J connectivity index is 1.21. The van der Waals surface area contributed by atoms with Gasteiger partial charge in [-0.2, -0.15) is 18.3 Å². The highest BCUT2D eigenvalue weighted by molar-refractivity contribution is 5.96. The molecule has 38 heavy (non-hydrogen) atoms. The SMILES string of the molecule is O=C(N1CCC(n2ncc(C(=O)N3CCCC3c3ccccc3C(F)(F)F)c2C2CC2)CC1)N1CC(O)C1. The van der Waals surface area contributed by atoms with Crippen LogP contribution in [0.15, 0.2) is 30.5 Å². The molecular weight excluding hydrogens is 499 g/mol. The summed E-state index contributed by atoms with van der Waals surface area (Å²) in [7, 11) is 0. The maximum atomic E-state index is 13.8. The second kappa shape index (κ2) is 9.59. The van der Waals surface area contributed by atoms with Crippen molar-refractivity contribution in [1.82, 2.24) is 24.5 Å². The van der Waals surface area contributed by atoms with E-state index in [9.17, 15) is 27.9 Å². The van der Waals surface area contributed by atoms with E-state index in [2.05, 4.69) is 5.10 Å². The van der Waals surface area contributed by atoms with Crippen LogP contribution in [0.25, 0.3) is 0 Å². The molecule has 1 aromatic heterocycles. The van der Waals surface area contributed by atoms with Crippen molar-refractivity contribution in [3.05, 3.63) is 52.8 Å². The van der Waals surface area contributed by atoms with Crippen LogP contribution >= 0.6 is 0 Å². The van der Waals surface area contributed by atoms with Crippen LogP contribution in [0, 0.1) is 0 Å². The van der Waals surface area contributed by atoms with Crippen LogP contribution in [0.5, 0.6) is 0 Å². The molecule has 4 aliphatic rings. The fourth-order valence-electron chi connectivity index (χ4n) is 6.24. The van der Waals surface area contributed by atoms with E-state index in [1.165, 1.54) is 12.1 Å². The van der Waals surface area contributed by atoms with E-state index >= 15 is 0 Å². The minimum absolute atomic E-state index is 0.0493. The molecule has 4 heterocycles. The molecule has 3 saturated heterocycles. The monoisotopic (exact) mass is 531 g/mol. The number of aliphatic hydroxyl groups is 1. The Morgan fingerprint density at radius 3 is 2.32 bits per heavy atom. The van der Waals surface area contributed by atoms with Gasteiger partial charge < -0.3 is 19.8 Å². The summed E-state index contributed by atoms with van der Waals surface area (Å²) < 4.78 is 43.2. The zero-order chi connectivity index (χ0) is 26.6. The fraction of sp³-hybridized carbons (Fsp3) is 0.593. The number of likely N-dealkylation sites (tertiary alicyclic amines) is 3. The molecule has 1 aromatic carbocycles. The number of piperidine rings is 1. The highest BCUT2D eigenvalue weighted by Crippen LogP contribution is 2.45. The summed E-state index contributed by atoms with van der Waals surface area (Å²) in [6.07, 6.45) is 1.16. The molecule has 0 radical (unpaired) electrons. The third kappa shape index (κ3) is 4.54. The maximum absolute atomic E-state index is 13.8. The van der Waals surface area contributed by atoms with E-state index < -0.39 is 23.9 Å². The summed E-state index contributed by atoms with van der Waals surface area (Å²) in [5.41, 5.74) is 0.854. The summed E-state index contributed by atoms with van der Waals surface area (Å²) in [5.74, 6) is -0.0243. The summed E-state index contributed by atoms with van der Waals surface area (Å²) >= 11 is 0. The van der Waals surface area contributed by atoms with Crippen molar-refractivity contribution in [2.45, 2.75) is 68.8 Å². The minimum Gasteiger partial charge on any atom is -0.389 e. The van der Waals surface area contributed by atoms with E-state index in [0.29, 0.717) is 64.0 Å². The molecule has 204 valence electrons. The van der Waals surface area contributed by atoms with E-state index in [1.807, 2.05) is 9.58 Å². The molecule has 1 saturated carbocycles. The first kappa shape index (κ1) is 25.2. The van der Waals surface area contributed by atoms with Crippen molar-refractivity contribution in [2.75, 3.05) is 32.7 Å². The van der Waals surface area contributed by atoms with Gasteiger partial charge in [-0.05, 0) is 50.2 Å². The van der Waals surface area contributed by atoms with Crippen LogP contribution in [0.1, 0.15) is 83.7 Å². The number of alkyl halides is 3. The molecule has 0 spiro atoms. The smallest absolute Gasteiger partial charge is 0.389 e. The number of urea groups is 1. The number of nitrogens with zero attached hydrogens (tertiary/aromatic N) is 5. The van der Waals surface area contributed by atoms with Crippen molar-refractivity contribution in [1.29, 1.82) is 0 Å². The van der Waals surface area contributed by atoms with Crippen molar-refractivity contribution < 1.29 is 27.9 Å². The van der Waals surface area contributed by atoms with Crippen LogP contribution in [-0.4, -0.2) is 80.4 Å². The van der Waals surface area contributed by atoms with Gasteiger partial charge in [0.1, 0.15) is 0 Å². The number of hydrogen-bond acceptors (Lipinski definition) is 4. The molecule has 1 atom stereocenters. The van der Waals surface area contributed by atoms with E-state index in [4.69, 9.17) is 0 Å². The number of halogens is 3. The molecule has 4 fully saturated rings. The molecule has 1 aliphatic carbocycles. The Bertz CT molecular complexity index is 1210. The first-order valence-corrected chi connectivity index (χ1v) is 13.5. The van der Waals surface area contributed by atoms with Gasteiger partial charge in [-0.15, -0.1) is 0 Å². The highest BCUT2D eigenvalue weighted by atomic mass is 19.4. The van der Waals surface area contributed by atoms with Gasteiger partial charge in [0.25, 0.3) is 5.91 Å². The average Bonchev–Trinajstić information content (AvgIpc) is 3.43. The van der Waals surface area contributed by atoms with Crippen molar-refractivity contribution in [3.63, 3.8) is 0 Å². The molecule has 1 N–H and O–H groups in total. The van der Waals surface area contributed by atoms with Gasteiger partial charge in [0.05, 0.1) is 54.3 Å². The van der Waals surface area contributed by atoms with Gasteiger partial charge in [0.2, 0.25) is 0 Å². The first-order chi connectivity index (χ1) is 18.2. The van der Waals surface area contributed by atoms with Gasteiger partial charge >= 0.3 is 12.2 Å². The summed E-state index contributed by atoms with van der Waals surface area (Å²) in [5, 5.41) is 14.1. The third-order valence-corrected chi connectivity index (χ3v) is 8.38. The lowest BCUT2D eigenvalue weighted by Crippen LogP contribution is -2.58. The maximum Gasteiger partial charge on any atom is 0.416 e. The Hall–Kier alpha value is -3.08. The third-order valence-electron chi connectivity index (χ3n) is 8.38. The summed E-state index contributed by atoms with van der Waals surface area (Å²) in [6, 6.07) is 4.94. The first-order valence-electron chi connectivity index (χ1n) is 13.5. The number of rotatable bonds is 4. The molecule has 3 aliphatic heterocycles. The molecule has 1 unspecified atom stereocenters. The lowest BCUT2D eigenvalue weighted by molar-refractivity contribution is -0.138. The lowest BCUT2D eigenvalue weighted by atomic mass is 9.97. The van der Waals surface area contributed by atoms with Gasteiger partial charge in [0.15, 0.2) is 0 Å². The van der Waals surface area contributed by atoms with Crippen molar-refractivity contribution >= 4 is 11.9 Å². The number of carbonyl (C=O) groups excluding carboxylic acids is 2. The standard InChI is InChI=1S/C27H32F3N5O3/c28-27(29,30)22-5-2-1-4-20(22)23-6-3-11-34(23)25(37)21-14-31-35(24(21)17-7-8-17)18-9-12-32(13-10-18)26(38)33-15-19(36)16-33/h1-2,4-5,14,17-19,23,36H,3,6-13,15-16H2. The Morgan fingerprint density at radius 2 is 1.66 bits per heavy atom. The molecule has 3 amide bonds. The molecular formula is C27H32F3N5O3. The number of aromatic nitrogens is 2. The molecule has 6 rings (SSSR count). The number of carbonyl (C=O) groups is 2. The number of aliphatic hydroxyl groups excluding tert-OH is 1. The van der Waals surface area contributed by atoms with Crippen molar-refractivity contribution in [3.8, 4) is 0 Å². The summed E-state index contributed by atoms with van der Waals surface area (Å²) in [4.78, 5) is 31.5. The highest BCUT2D eigenvalue weighted by Gasteiger charge is 2.42. The predicted octanol–water partition coefficient (Wildman–Crippen LogP) is 4.19. The minimum atomic E-state index is -4.48. The van der Waals surface area contributed by atoms with Gasteiger partial charge in [-0.3, -0.25) is 9.48 Å². The van der Waals surface area contributed by atoms with Gasteiger partial charge in [-0.1, -0.05) is 18.2 Å². The number of hydrogen-bond donors (Lipinski definition) is 1. The van der Waals surface area contributed by atoms with Gasteiger partial charge in [-0.25, -0.2) is 4.79 Å². The van der Waals surface area contributed by atoms with Crippen LogP contribution in [0.2, 0.25) is 0 Å². The Morgan fingerprint density at radius 1 is 0.947 bits per heavy atom. The molecule has 11 heteroatoms.